The minimum absolute atomic E-state index is 0.118. The van der Waals surface area contributed by atoms with Gasteiger partial charge in [0.15, 0.2) is 0 Å². The third-order valence-corrected chi connectivity index (χ3v) is 2.78. The smallest absolute Gasteiger partial charge is 0.120 e. The molecule has 0 bridgehead atoms. The second-order valence-electron chi connectivity index (χ2n) is 4.49. The zero-order valence-electron chi connectivity index (χ0n) is 11.9. The molecule has 0 aromatic heterocycles. The summed E-state index contributed by atoms with van der Waals surface area (Å²) in [6.07, 6.45) is 2.44. The van der Waals surface area contributed by atoms with Crippen molar-refractivity contribution in [3.8, 4) is 17.6 Å². The maximum absolute atomic E-state index is 8.66. The summed E-state index contributed by atoms with van der Waals surface area (Å²) in [4.78, 5) is 2.28. The Kier molecular flexibility index (Phi) is 7.72. The fourth-order valence-electron chi connectivity index (χ4n) is 1.66. The molecule has 0 fully saturated rings. The zero-order valence-corrected chi connectivity index (χ0v) is 11.9. The highest BCUT2D eigenvalue weighted by Crippen LogP contribution is 2.12. The van der Waals surface area contributed by atoms with Gasteiger partial charge in [0, 0.05) is 12.1 Å². The molecule has 0 spiro atoms. The summed E-state index contributed by atoms with van der Waals surface area (Å²) in [5.41, 5.74) is 0.867. The Labute approximate surface area is 116 Å². The number of aliphatic hydroxyl groups excluding tert-OH is 1. The van der Waals surface area contributed by atoms with Crippen LogP contribution in [0.2, 0.25) is 0 Å². The average molecular weight is 261 g/mol. The van der Waals surface area contributed by atoms with Gasteiger partial charge in [-0.1, -0.05) is 31.3 Å². The van der Waals surface area contributed by atoms with Crippen molar-refractivity contribution in [2.45, 2.75) is 19.8 Å². The van der Waals surface area contributed by atoms with Crippen LogP contribution < -0.4 is 4.74 Å². The van der Waals surface area contributed by atoms with Crippen LogP contribution in [-0.4, -0.2) is 43.4 Å². The van der Waals surface area contributed by atoms with Gasteiger partial charge < -0.3 is 14.7 Å². The first-order chi connectivity index (χ1) is 9.26. The summed E-state index contributed by atoms with van der Waals surface area (Å²) in [5.74, 6) is 6.33. The van der Waals surface area contributed by atoms with Crippen LogP contribution in [0.4, 0.5) is 0 Å². The summed E-state index contributed by atoms with van der Waals surface area (Å²) in [7, 11) is 2.11. The Morgan fingerprint density at radius 1 is 1.32 bits per heavy atom. The van der Waals surface area contributed by atoms with Gasteiger partial charge in [-0.25, -0.2) is 0 Å². The fraction of sp³-hybridized carbons (Fsp3) is 0.500. The molecule has 0 heterocycles. The van der Waals surface area contributed by atoms with Gasteiger partial charge in [-0.2, -0.15) is 0 Å². The first-order valence-corrected chi connectivity index (χ1v) is 6.77. The molecule has 0 aliphatic carbocycles. The molecule has 0 aliphatic heterocycles. The Morgan fingerprint density at radius 2 is 2.16 bits per heavy atom. The molecule has 1 N–H and O–H groups in total. The van der Waals surface area contributed by atoms with E-state index in [-0.39, 0.29) is 6.61 Å². The van der Waals surface area contributed by atoms with Gasteiger partial charge >= 0.3 is 0 Å². The first kappa shape index (κ1) is 15.6. The lowest BCUT2D eigenvalue weighted by molar-refractivity contribution is 0.235. The largest absolute Gasteiger partial charge is 0.492 e. The summed E-state index contributed by atoms with van der Waals surface area (Å²) >= 11 is 0. The molecule has 0 amide bonds. The lowest BCUT2D eigenvalue weighted by Crippen LogP contribution is -2.25. The van der Waals surface area contributed by atoms with Crippen LogP contribution >= 0.6 is 0 Å². The number of hydrogen-bond acceptors (Lipinski definition) is 3. The molecule has 0 aliphatic rings. The molecule has 0 unspecified atom stereocenters. The monoisotopic (exact) mass is 261 g/mol. The zero-order chi connectivity index (χ0) is 13.9. The number of ether oxygens (including phenoxy) is 1. The number of unbranched alkanes of at least 4 members (excludes halogenated alkanes) is 1. The Balaban J connectivity index is 2.36. The molecule has 0 saturated heterocycles. The second kappa shape index (κ2) is 9.43. The van der Waals surface area contributed by atoms with Crippen LogP contribution in [0, 0.1) is 11.8 Å². The third-order valence-electron chi connectivity index (χ3n) is 2.78. The third kappa shape index (κ3) is 6.85. The van der Waals surface area contributed by atoms with Crippen molar-refractivity contribution in [2.75, 3.05) is 33.4 Å². The van der Waals surface area contributed by atoms with Crippen LogP contribution in [0.15, 0.2) is 24.3 Å². The molecule has 1 aromatic rings. The molecule has 0 saturated carbocycles. The van der Waals surface area contributed by atoms with Gasteiger partial charge in [-0.15, -0.1) is 0 Å². The van der Waals surface area contributed by atoms with Gasteiger partial charge in [0.2, 0.25) is 0 Å². The van der Waals surface area contributed by atoms with Crippen LogP contribution in [0.3, 0.4) is 0 Å². The highest BCUT2D eigenvalue weighted by atomic mass is 16.5. The molecule has 3 heteroatoms. The van der Waals surface area contributed by atoms with E-state index in [0.717, 1.165) is 24.4 Å². The predicted octanol–water partition coefficient (Wildman–Crippen LogP) is 2.14. The molecular formula is C16H23NO2. The molecule has 1 aromatic carbocycles. The van der Waals surface area contributed by atoms with E-state index >= 15 is 0 Å². The van der Waals surface area contributed by atoms with Crippen LogP contribution in [0.5, 0.6) is 5.75 Å². The van der Waals surface area contributed by atoms with Gasteiger partial charge in [0.05, 0.1) is 0 Å². The number of likely N-dealkylation sites (N-methyl/N-ethyl adjacent to an activating group) is 1. The maximum atomic E-state index is 8.66. The van der Waals surface area contributed by atoms with Gasteiger partial charge in [0.1, 0.15) is 19.0 Å². The molecule has 3 nitrogen and oxygen atoms in total. The molecule has 0 atom stereocenters. The van der Waals surface area contributed by atoms with Gasteiger partial charge in [-0.05, 0) is 38.2 Å². The fourth-order valence-corrected chi connectivity index (χ4v) is 1.66. The SMILES string of the molecule is CCCCN(C)CCOc1cccc(C#CCO)c1. The number of rotatable bonds is 7. The summed E-state index contributed by atoms with van der Waals surface area (Å²) in [6, 6.07) is 7.64. The molecule has 1 rings (SSSR count). The summed E-state index contributed by atoms with van der Waals surface area (Å²) < 4.78 is 5.71. The van der Waals surface area contributed by atoms with E-state index in [9.17, 15) is 0 Å². The number of benzene rings is 1. The minimum Gasteiger partial charge on any atom is -0.492 e. The van der Waals surface area contributed by atoms with E-state index < -0.39 is 0 Å². The normalized spacial score (nSPS) is 10.1. The van der Waals surface area contributed by atoms with Crippen molar-refractivity contribution < 1.29 is 9.84 Å². The standard InChI is InChI=1S/C16H23NO2/c1-3-4-10-17(2)11-13-19-16-9-5-7-15(14-16)8-6-12-18/h5,7,9,14,18H,3-4,10-13H2,1-2H3. The average Bonchev–Trinajstić information content (AvgIpc) is 2.43. The minimum atomic E-state index is -0.118. The van der Waals surface area contributed by atoms with E-state index in [4.69, 9.17) is 9.84 Å². The molecule has 0 radical (unpaired) electrons. The van der Waals surface area contributed by atoms with Gasteiger partial charge in [0.25, 0.3) is 0 Å². The topological polar surface area (TPSA) is 32.7 Å². The Hall–Kier alpha value is -1.50. The number of hydrogen-bond donors (Lipinski definition) is 1. The molecule has 104 valence electrons. The van der Waals surface area contributed by atoms with Crippen LogP contribution in [0.25, 0.3) is 0 Å². The lowest BCUT2D eigenvalue weighted by Gasteiger charge is -2.16. The predicted molar refractivity (Wildman–Crippen MR) is 78.3 cm³/mol. The van der Waals surface area contributed by atoms with E-state index in [1.165, 1.54) is 12.8 Å². The van der Waals surface area contributed by atoms with Crippen molar-refractivity contribution in [1.29, 1.82) is 0 Å². The van der Waals surface area contributed by atoms with Crippen molar-refractivity contribution >= 4 is 0 Å². The van der Waals surface area contributed by atoms with E-state index in [2.05, 4.69) is 30.7 Å². The van der Waals surface area contributed by atoms with E-state index in [0.29, 0.717) is 6.61 Å². The summed E-state index contributed by atoms with van der Waals surface area (Å²) in [5, 5.41) is 8.66. The number of aliphatic hydroxyl groups is 1. The van der Waals surface area contributed by atoms with Crippen LogP contribution in [0.1, 0.15) is 25.3 Å². The lowest BCUT2D eigenvalue weighted by atomic mass is 10.2. The van der Waals surface area contributed by atoms with Crippen LogP contribution in [-0.2, 0) is 0 Å². The van der Waals surface area contributed by atoms with Crippen molar-refractivity contribution in [2.24, 2.45) is 0 Å². The Morgan fingerprint density at radius 3 is 2.89 bits per heavy atom. The quantitative estimate of drug-likeness (QED) is 0.763. The highest BCUT2D eigenvalue weighted by molar-refractivity contribution is 5.39. The van der Waals surface area contributed by atoms with E-state index in [1.54, 1.807) is 0 Å². The molecule has 19 heavy (non-hydrogen) atoms. The van der Waals surface area contributed by atoms with Crippen molar-refractivity contribution in [3.05, 3.63) is 29.8 Å². The molecular weight excluding hydrogens is 238 g/mol. The first-order valence-electron chi connectivity index (χ1n) is 6.77. The summed E-state index contributed by atoms with van der Waals surface area (Å²) in [6.45, 7) is 4.79. The number of nitrogens with zero attached hydrogens (tertiary/aromatic N) is 1. The maximum Gasteiger partial charge on any atom is 0.120 e. The second-order valence-corrected chi connectivity index (χ2v) is 4.49. The van der Waals surface area contributed by atoms with Gasteiger partial charge in [-0.3, -0.25) is 0 Å². The van der Waals surface area contributed by atoms with Crippen molar-refractivity contribution in [1.82, 2.24) is 4.90 Å². The highest BCUT2D eigenvalue weighted by Gasteiger charge is 1.99. The van der Waals surface area contributed by atoms with Crippen molar-refractivity contribution in [3.63, 3.8) is 0 Å². The van der Waals surface area contributed by atoms with E-state index in [1.807, 2.05) is 24.3 Å². The Bertz CT molecular complexity index is 420.